The van der Waals surface area contributed by atoms with Crippen LogP contribution in [0.2, 0.25) is 0 Å². The third kappa shape index (κ3) is 4.22. The monoisotopic (exact) mass is 368 g/mol. The molecule has 0 spiro atoms. The molecule has 0 bridgehead atoms. The number of nitrogens with one attached hydrogen (secondary N) is 2. The van der Waals surface area contributed by atoms with Crippen molar-refractivity contribution < 1.29 is 9.53 Å². The highest BCUT2D eigenvalue weighted by Gasteiger charge is 2.10. The highest BCUT2D eigenvalue weighted by molar-refractivity contribution is 5.80. The standard InChI is InChI=1S/C19H20N4O4/c1-2-27-18-13(6-5-10-20-18)12-21-16(24)9-11-23-19(26)15-8-4-3-7-14(15)17(25)22-23/h3-8,10H,2,9,11-12H2,1H3,(H,21,24)(H,22,25). The fourth-order valence-corrected chi connectivity index (χ4v) is 2.72. The molecule has 0 unspecified atom stereocenters. The molecule has 2 heterocycles. The molecule has 8 heteroatoms. The van der Waals surface area contributed by atoms with E-state index in [1.165, 1.54) is 4.68 Å². The molecule has 8 nitrogen and oxygen atoms in total. The van der Waals surface area contributed by atoms with Crippen LogP contribution in [-0.2, 0) is 17.9 Å². The van der Waals surface area contributed by atoms with Crippen molar-refractivity contribution in [1.82, 2.24) is 20.1 Å². The van der Waals surface area contributed by atoms with Gasteiger partial charge in [0.15, 0.2) is 0 Å². The van der Waals surface area contributed by atoms with Gasteiger partial charge in [-0.1, -0.05) is 18.2 Å². The molecule has 0 aliphatic rings. The average molecular weight is 368 g/mol. The van der Waals surface area contributed by atoms with Gasteiger partial charge in [0.25, 0.3) is 11.1 Å². The Bertz CT molecular complexity index is 1070. The van der Waals surface area contributed by atoms with Crippen LogP contribution in [0.4, 0.5) is 0 Å². The lowest BCUT2D eigenvalue weighted by atomic mass is 10.2. The highest BCUT2D eigenvalue weighted by atomic mass is 16.5. The van der Waals surface area contributed by atoms with Gasteiger partial charge in [0.2, 0.25) is 11.8 Å². The van der Waals surface area contributed by atoms with Crippen molar-refractivity contribution in [3.63, 3.8) is 0 Å². The summed E-state index contributed by atoms with van der Waals surface area (Å²) < 4.78 is 6.59. The van der Waals surface area contributed by atoms with E-state index < -0.39 is 0 Å². The van der Waals surface area contributed by atoms with Gasteiger partial charge >= 0.3 is 0 Å². The van der Waals surface area contributed by atoms with Gasteiger partial charge in [-0.25, -0.2) is 9.67 Å². The fourth-order valence-electron chi connectivity index (χ4n) is 2.72. The predicted molar refractivity (Wildman–Crippen MR) is 101 cm³/mol. The topological polar surface area (TPSA) is 106 Å². The second-order valence-electron chi connectivity index (χ2n) is 5.87. The van der Waals surface area contributed by atoms with Crippen LogP contribution in [0.15, 0.2) is 52.2 Å². The number of fused-ring (bicyclic) bond motifs is 1. The number of amides is 1. The minimum atomic E-state index is -0.359. The first-order chi connectivity index (χ1) is 13.1. The first-order valence-electron chi connectivity index (χ1n) is 8.65. The zero-order valence-corrected chi connectivity index (χ0v) is 14.9. The third-order valence-corrected chi connectivity index (χ3v) is 4.05. The van der Waals surface area contributed by atoms with Crippen molar-refractivity contribution in [1.29, 1.82) is 0 Å². The highest BCUT2D eigenvalue weighted by Crippen LogP contribution is 2.13. The number of nitrogens with zero attached hydrogens (tertiary/aromatic N) is 2. The van der Waals surface area contributed by atoms with Crippen LogP contribution in [0.3, 0.4) is 0 Å². The maximum atomic E-state index is 12.4. The van der Waals surface area contributed by atoms with E-state index in [-0.39, 0.29) is 36.5 Å². The van der Waals surface area contributed by atoms with Crippen molar-refractivity contribution in [2.75, 3.05) is 6.61 Å². The molecule has 1 amide bonds. The Balaban J connectivity index is 1.65. The van der Waals surface area contributed by atoms with E-state index in [9.17, 15) is 14.4 Å². The number of carbonyl (C=O) groups excluding carboxylic acids is 1. The van der Waals surface area contributed by atoms with Gasteiger partial charge in [-0.3, -0.25) is 19.5 Å². The van der Waals surface area contributed by atoms with Crippen molar-refractivity contribution in [3.05, 3.63) is 68.9 Å². The molecule has 0 aliphatic carbocycles. The first kappa shape index (κ1) is 18.4. The van der Waals surface area contributed by atoms with Crippen LogP contribution in [0.5, 0.6) is 5.88 Å². The van der Waals surface area contributed by atoms with Crippen LogP contribution in [0, 0.1) is 0 Å². The summed E-state index contributed by atoms with van der Waals surface area (Å²) in [6, 6.07) is 10.2. The summed E-state index contributed by atoms with van der Waals surface area (Å²) in [5, 5.41) is 5.95. The lowest BCUT2D eigenvalue weighted by Gasteiger charge is -2.10. The normalized spacial score (nSPS) is 10.7. The van der Waals surface area contributed by atoms with Gasteiger partial charge in [-0.2, -0.15) is 0 Å². The molecule has 0 fully saturated rings. The Kier molecular flexibility index (Phi) is 5.65. The van der Waals surface area contributed by atoms with Crippen LogP contribution in [0.1, 0.15) is 18.9 Å². The van der Waals surface area contributed by atoms with Crippen molar-refractivity contribution in [3.8, 4) is 5.88 Å². The molecule has 2 N–H and O–H groups in total. The number of benzene rings is 1. The molecule has 0 aliphatic heterocycles. The molecule has 3 aromatic rings. The van der Waals surface area contributed by atoms with Crippen molar-refractivity contribution in [2.24, 2.45) is 0 Å². The minimum absolute atomic E-state index is 0.0540. The summed E-state index contributed by atoms with van der Waals surface area (Å²) in [5.41, 5.74) is 0.0789. The Morgan fingerprint density at radius 2 is 1.96 bits per heavy atom. The fraction of sp³-hybridized carbons (Fsp3) is 0.263. The lowest BCUT2D eigenvalue weighted by molar-refractivity contribution is -0.121. The van der Waals surface area contributed by atoms with Gasteiger partial charge in [0.1, 0.15) is 0 Å². The van der Waals surface area contributed by atoms with E-state index in [2.05, 4.69) is 15.4 Å². The number of ether oxygens (including phenoxy) is 1. The summed E-state index contributed by atoms with van der Waals surface area (Å²) in [5.74, 6) is 0.234. The Morgan fingerprint density at radius 1 is 1.19 bits per heavy atom. The molecule has 3 rings (SSSR count). The van der Waals surface area contributed by atoms with E-state index in [4.69, 9.17) is 4.74 Å². The minimum Gasteiger partial charge on any atom is -0.478 e. The molecule has 27 heavy (non-hydrogen) atoms. The Labute approximate surface area is 154 Å². The van der Waals surface area contributed by atoms with Crippen molar-refractivity contribution >= 4 is 16.7 Å². The quantitative estimate of drug-likeness (QED) is 0.652. The Hall–Kier alpha value is -3.42. The van der Waals surface area contributed by atoms with Crippen LogP contribution >= 0.6 is 0 Å². The molecule has 2 aromatic heterocycles. The smallest absolute Gasteiger partial charge is 0.273 e. The summed E-state index contributed by atoms with van der Waals surface area (Å²) in [7, 11) is 0. The molecule has 0 atom stereocenters. The number of carbonyl (C=O) groups is 1. The second kappa shape index (κ2) is 8.31. The zero-order valence-electron chi connectivity index (χ0n) is 14.9. The number of pyridine rings is 1. The SMILES string of the molecule is CCOc1ncccc1CNC(=O)CCn1[nH]c(=O)c2ccccc2c1=O. The maximum absolute atomic E-state index is 12.4. The number of rotatable bonds is 7. The summed E-state index contributed by atoms with van der Waals surface area (Å²) in [6.07, 6.45) is 1.68. The molecule has 0 saturated carbocycles. The molecule has 0 saturated heterocycles. The van der Waals surface area contributed by atoms with Crippen LogP contribution < -0.4 is 21.2 Å². The number of hydrogen-bond donors (Lipinski definition) is 2. The first-order valence-corrected chi connectivity index (χ1v) is 8.65. The Morgan fingerprint density at radius 3 is 2.74 bits per heavy atom. The molecule has 1 aromatic carbocycles. The number of H-pyrrole nitrogens is 1. The van der Waals surface area contributed by atoms with E-state index in [1.54, 1.807) is 36.5 Å². The van der Waals surface area contributed by atoms with Gasteiger partial charge in [0.05, 0.1) is 23.9 Å². The van der Waals surface area contributed by atoms with Gasteiger partial charge in [-0.05, 0) is 25.1 Å². The summed E-state index contributed by atoms with van der Waals surface area (Å²) in [4.78, 5) is 40.8. The van der Waals surface area contributed by atoms with Crippen LogP contribution in [-0.4, -0.2) is 27.3 Å². The van der Waals surface area contributed by atoms with Crippen LogP contribution in [0.25, 0.3) is 10.8 Å². The zero-order chi connectivity index (χ0) is 19.2. The van der Waals surface area contributed by atoms with E-state index in [0.717, 1.165) is 5.56 Å². The molecular formula is C19H20N4O4. The van der Waals surface area contributed by atoms with E-state index in [0.29, 0.717) is 23.3 Å². The van der Waals surface area contributed by atoms with Gasteiger partial charge < -0.3 is 10.1 Å². The number of aromatic amines is 1. The van der Waals surface area contributed by atoms with Gasteiger partial charge in [-0.15, -0.1) is 0 Å². The third-order valence-electron chi connectivity index (χ3n) is 4.05. The maximum Gasteiger partial charge on any atom is 0.273 e. The summed E-state index contributed by atoms with van der Waals surface area (Å²) >= 11 is 0. The number of aromatic nitrogens is 3. The molecule has 140 valence electrons. The average Bonchev–Trinajstić information content (AvgIpc) is 2.69. The molecular weight excluding hydrogens is 348 g/mol. The van der Waals surface area contributed by atoms with E-state index in [1.807, 2.05) is 13.0 Å². The lowest BCUT2D eigenvalue weighted by Crippen LogP contribution is -2.32. The van der Waals surface area contributed by atoms with E-state index >= 15 is 0 Å². The largest absolute Gasteiger partial charge is 0.478 e. The summed E-state index contributed by atoms with van der Waals surface area (Å²) in [6.45, 7) is 2.69. The molecule has 0 radical (unpaired) electrons. The predicted octanol–water partition coefficient (Wildman–Crippen LogP) is 1.19. The van der Waals surface area contributed by atoms with Gasteiger partial charge in [0, 0.05) is 24.7 Å². The number of hydrogen-bond acceptors (Lipinski definition) is 5. The number of aryl methyl sites for hydroxylation is 1. The van der Waals surface area contributed by atoms with Crippen molar-refractivity contribution in [2.45, 2.75) is 26.4 Å². The second-order valence-corrected chi connectivity index (χ2v) is 5.87.